The van der Waals surface area contributed by atoms with Crippen LogP contribution in [0.2, 0.25) is 0 Å². The Bertz CT molecular complexity index is 73.5. The zero-order valence-corrected chi connectivity index (χ0v) is 9.48. The molecule has 4 nitrogen and oxygen atoms in total. The molecule has 0 heterocycles. The molecule has 0 unspecified atom stereocenters. The molecular formula is C3H12N2O2S2Se. The normalized spacial score (nSPS) is 6.30. The van der Waals surface area contributed by atoms with E-state index in [1.54, 1.807) is 21.6 Å². The minimum absolute atomic E-state index is 0. The molecular weight excluding hydrogens is 239 g/mol. The average Bonchev–Trinajstić information content (AvgIpc) is 1.89. The molecule has 0 aliphatic heterocycles. The molecule has 0 rings (SSSR count). The van der Waals surface area contributed by atoms with Crippen molar-refractivity contribution in [2.24, 2.45) is 5.84 Å². The number of hydrogen-bond donors (Lipinski definition) is 3. The van der Waals surface area contributed by atoms with E-state index in [0.717, 1.165) is 0 Å². The van der Waals surface area contributed by atoms with E-state index in [4.69, 9.17) is 9.90 Å². The van der Waals surface area contributed by atoms with Crippen LogP contribution < -0.4 is 11.3 Å². The first-order valence-electron chi connectivity index (χ1n) is 1.95. The number of amides is 1. The molecule has 0 saturated carbocycles. The molecule has 0 aromatic heterocycles. The molecule has 4 N–H and O–H groups in total. The predicted molar refractivity (Wildman–Crippen MR) is 50.9 cm³/mol. The monoisotopic (exact) mass is 252 g/mol. The maximum absolute atomic E-state index is 9.13. The van der Waals surface area contributed by atoms with E-state index in [2.05, 4.69) is 18.4 Å². The first-order valence-corrected chi connectivity index (χ1v) is 4.92. The summed E-state index contributed by atoms with van der Waals surface area (Å²) in [5.74, 6) is 4.32. The van der Waals surface area contributed by atoms with E-state index in [-0.39, 0.29) is 17.1 Å². The van der Waals surface area contributed by atoms with Crippen molar-refractivity contribution in [3.05, 3.63) is 0 Å². The second kappa shape index (κ2) is 16.2. The minimum atomic E-state index is -1.22. The SMILES string of the molecule is CSSC.NNC(=O)O.[SeH2]. The number of carboxylic acid groups (broad SMARTS) is 1. The molecule has 0 aliphatic rings. The van der Waals surface area contributed by atoms with Gasteiger partial charge in [-0.05, 0) is 12.5 Å². The quantitative estimate of drug-likeness (QED) is 0.198. The Hall–Kier alpha value is 0.449. The van der Waals surface area contributed by atoms with Gasteiger partial charge in [0.05, 0.1) is 0 Å². The van der Waals surface area contributed by atoms with Gasteiger partial charge in [0, 0.05) is 0 Å². The number of nitrogens with one attached hydrogen (secondary N) is 1. The van der Waals surface area contributed by atoms with Gasteiger partial charge in [0.2, 0.25) is 0 Å². The van der Waals surface area contributed by atoms with Gasteiger partial charge in [-0.1, -0.05) is 21.6 Å². The van der Waals surface area contributed by atoms with Gasteiger partial charge in [-0.15, -0.1) is 0 Å². The van der Waals surface area contributed by atoms with Crippen molar-refractivity contribution in [3.8, 4) is 0 Å². The van der Waals surface area contributed by atoms with Gasteiger partial charge in [0.25, 0.3) is 0 Å². The van der Waals surface area contributed by atoms with Gasteiger partial charge < -0.3 is 5.11 Å². The van der Waals surface area contributed by atoms with E-state index in [0.29, 0.717) is 0 Å². The van der Waals surface area contributed by atoms with Crippen LogP contribution in [0.4, 0.5) is 4.79 Å². The van der Waals surface area contributed by atoms with Crippen LogP contribution in [0.3, 0.4) is 0 Å². The van der Waals surface area contributed by atoms with Crippen LogP contribution in [0, 0.1) is 0 Å². The number of nitrogens with two attached hydrogens (primary N) is 1. The summed E-state index contributed by atoms with van der Waals surface area (Å²) in [4.78, 5) is 9.13. The molecule has 64 valence electrons. The molecule has 0 spiro atoms. The van der Waals surface area contributed by atoms with Gasteiger partial charge in [-0.25, -0.2) is 10.6 Å². The van der Waals surface area contributed by atoms with Crippen LogP contribution in [-0.2, 0) is 0 Å². The van der Waals surface area contributed by atoms with E-state index < -0.39 is 6.09 Å². The number of rotatable bonds is 1. The van der Waals surface area contributed by atoms with Crippen molar-refractivity contribution in [2.75, 3.05) is 12.5 Å². The summed E-state index contributed by atoms with van der Waals surface area (Å²) in [5.41, 5.74) is 1.44. The zero-order valence-electron chi connectivity index (χ0n) is 5.75. The fourth-order valence-corrected chi connectivity index (χ4v) is 0. The molecule has 7 heteroatoms. The third-order valence-corrected chi connectivity index (χ3v) is 1.62. The first kappa shape index (κ1) is 16.8. The van der Waals surface area contributed by atoms with Gasteiger partial charge in [-0.3, -0.25) is 5.43 Å². The average molecular weight is 251 g/mol. The topological polar surface area (TPSA) is 75.3 Å². The van der Waals surface area contributed by atoms with E-state index in [1.165, 1.54) is 5.43 Å². The number of hydrogen-bond acceptors (Lipinski definition) is 4. The van der Waals surface area contributed by atoms with Crippen molar-refractivity contribution in [1.82, 2.24) is 5.43 Å². The third kappa shape index (κ3) is 39.4. The summed E-state index contributed by atoms with van der Waals surface area (Å²) < 4.78 is 0. The predicted octanol–water partition coefficient (Wildman–Crippen LogP) is -0.161. The maximum atomic E-state index is 9.13. The van der Waals surface area contributed by atoms with Gasteiger partial charge >= 0.3 is 23.2 Å². The van der Waals surface area contributed by atoms with E-state index in [9.17, 15) is 0 Å². The van der Waals surface area contributed by atoms with Crippen molar-refractivity contribution in [3.63, 3.8) is 0 Å². The Labute approximate surface area is 78.5 Å². The van der Waals surface area contributed by atoms with Crippen molar-refractivity contribution < 1.29 is 9.90 Å². The fraction of sp³-hybridized carbons (Fsp3) is 0.667. The van der Waals surface area contributed by atoms with Crippen molar-refractivity contribution in [1.29, 1.82) is 0 Å². The van der Waals surface area contributed by atoms with Crippen molar-refractivity contribution in [2.45, 2.75) is 0 Å². The molecule has 1 amide bonds. The van der Waals surface area contributed by atoms with Gasteiger partial charge in [-0.2, -0.15) is 0 Å². The molecule has 0 atom stereocenters. The van der Waals surface area contributed by atoms with Gasteiger partial charge in [0.1, 0.15) is 0 Å². The Morgan fingerprint density at radius 2 is 1.70 bits per heavy atom. The summed E-state index contributed by atoms with van der Waals surface area (Å²) in [6.45, 7) is 0. The van der Waals surface area contributed by atoms with Crippen LogP contribution in [0.5, 0.6) is 0 Å². The van der Waals surface area contributed by atoms with E-state index >= 15 is 0 Å². The van der Waals surface area contributed by atoms with Crippen LogP contribution in [-0.4, -0.2) is 40.8 Å². The zero-order chi connectivity index (χ0) is 7.70. The van der Waals surface area contributed by atoms with Crippen LogP contribution in [0.1, 0.15) is 0 Å². The molecule has 0 saturated heterocycles. The first-order chi connectivity index (χ1) is 4.18. The van der Waals surface area contributed by atoms with Crippen LogP contribution in [0.25, 0.3) is 0 Å². The second-order valence-electron chi connectivity index (χ2n) is 0.783. The summed E-state index contributed by atoms with van der Waals surface area (Å²) >= 11 is 0. The molecule has 0 radical (unpaired) electrons. The van der Waals surface area contributed by atoms with Gasteiger partial charge in [0.15, 0.2) is 0 Å². The standard InChI is InChI=1S/C2H6S2.CH4N2O2.H2Se/c1-3-4-2;2-3-1(4)5;/h1-2H3;3H,2H2,(H,4,5);1H2. The number of carbonyl (C=O) groups is 1. The molecule has 10 heavy (non-hydrogen) atoms. The molecule has 0 fully saturated rings. The second-order valence-corrected chi connectivity index (χ2v) is 3.45. The summed E-state index contributed by atoms with van der Waals surface area (Å²) in [5, 5.41) is 7.49. The summed E-state index contributed by atoms with van der Waals surface area (Å²) in [7, 11) is 3.55. The van der Waals surface area contributed by atoms with Crippen molar-refractivity contribution >= 4 is 44.7 Å². The molecule has 0 aromatic rings. The van der Waals surface area contributed by atoms with Crippen LogP contribution in [0.15, 0.2) is 0 Å². The Kier molecular flexibility index (Phi) is 27.3. The fourth-order valence-electron chi connectivity index (χ4n) is 0. The van der Waals surface area contributed by atoms with E-state index in [1.807, 2.05) is 0 Å². The summed E-state index contributed by atoms with van der Waals surface area (Å²) in [6.07, 6.45) is 2.90. The molecule has 0 aliphatic carbocycles. The molecule has 0 bridgehead atoms. The Morgan fingerprint density at radius 3 is 1.70 bits per heavy atom. The Balaban J connectivity index is -0.0000000910. The third-order valence-electron chi connectivity index (χ3n) is 0.290. The number of hydrazine groups is 1. The Morgan fingerprint density at radius 1 is 1.50 bits per heavy atom. The summed E-state index contributed by atoms with van der Waals surface area (Å²) in [6, 6.07) is 0. The molecule has 0 aromatic carbocycles. The van der Waals surface area contributed by atoms with Crippen LogP contribution >= 0.6 is 21.6 Å².